The molecule has 0 aliphatic heterocycles. The lowest BCUT2D eigenvalue weighted by atomic mass is 10.1. The van der Waals surface area contributed by atoms with Gasteiger partial charge in [-0.2, -0.15) is 0 Å². The van der Waals surface area contributed by atoms with Crippen molar-refractivity contribution in [3.63, 3.8) is 0 Å². The summed E-state index contributed by atoms with van der Waals surface area (Å²) in [4.78, 5) is 35.7. The van der Waals surface area contributed by atoms with Crippen molar-refractivity contribution >= 4 is 29.1 Å². The first-order chi connectivity index (χ1) is 10.9. The zero-order valence-corrected chi connectivity index (χ0v) is 12.8. The Morgan fingerprint density at radius 3 is 2.30 bits per heavy atom. The molecule has 0 bridgehead atoms. The molecule has 2 aromatic carbocycles. The summed E-state index contributed by atoms with van der Waals surface area (Å²) in [6.07, 6.45) is 0. The standard InChI is InChI=1S/C17H17N3O3/c1-10-7-8-14(11(2)9-10)19-16(22)17(23)20-15(21)12-5-3-4-6-13(12)18/h3-9H,18H2,1-2H3,(H,19,22)(H,20,21,23). The Morgan fingerprint density at radius 1 is 0.957 bits per heavy atom. The zero-order chi connectivity index (χ0) is 17.0. The average Bonchev–Trinajstić information content (AvgIpc) is 2.50. The van der Waals surface area contributed by atoms with Crippen LogP contribution in [-0.2, 0) is 9.59 Å². The Hall–Kier alpha value is -3.15. The third-order valence-electron chi connectivity index (χ3n) is 3.27. The maximum absolute atomic E-state index is 12.0. The maximum atomic E-state index is 12.0. The number of carbonyl (C=O) groups is 3. The van der Waals surface area contributed by atoms with Gasteiger partial charge in [0.2, 0.25) is 0 Å². The molecule has 23 heavy (non-hydrogen) atoms. The van der Waals surface area contributed by atoms with Crippen molar-refractivity contribution in [2.75, 3.05) is 11.1 Å². The number of benzene rings is 2. The highest BCUT2D eigenvalue weighted by Gasteiger charge is 2.19. The van der Waals surface area contributed by atoms with E-state index < -0.39 is 17.7 Å². The van der Waals surface area contributed by atoms with E-state index in [2.05, 4.69) is 5.32 Å². The van der Waals surface area contributed by atoms with Crippen molar-refractivity contribution in [3.05, 3.63) is 59.2 Å². The summed E-state index contributed by atoms with van der Waals surface area (Å²) in [5, 5.41) is 4.49. The molecule has 0 heterocycles. The van der Waals surface area contributed by atoms with E-state index in [1.807, 2.05) is 31.3 Å². The SMILES string of the molecule is Cc1ccc(NC(=O)C(=O)NC(=O)c2ccccc2N)c(C)c1. The fourth-order valence-electron chi connectivity index (χ4n) is 2.06. The number of carbonyl (C=O) groups excluding carboxylic acids is 3. The average molecular weight is 311 g/mol. The lowest BCUT2D eigenvalue weighted by molar-refractivity contribution is -0.135. The number of anilines is 2. The first kappa shape index (κ1) is 16.2. The van der Waals surface area contributed by atoms with Crippen molar-refractivity contribution in [1.82, 2.24) is 5.32 Å². The van der Waals surface area contributed by atoms with Gasteiger partial charge in [0.05, 0.1) is 5.56 Å². The fraction of sp³-hybridized carbons (Fsp3) is 0.118. The zero-order valence-electron chi connectivity index (χ0n) is 12.8. The molecule has 118 valence electrons. The van der Waals surface area contributed by atoms with Crippen molar-refractivity contribution in [3.8, 4) is 0 Å². The summed E-state index contributed by atoms with van der Waals surface area (Å²) in [6, 6.07) is 11.7. The number of nitrogens with one attached hydrogen (secondary N) is 2. The van der Waals surface area contributed by atoms with Gasteiger partial charge in [0.15, 0.2) is 0 Å². The number of imide groups is 1. The van der Waals surface area contributed by atoms with Crippen LogP contribution in [0.3, 0.4) is 0 Å². The molecule has 0 atom stereocenters. The summed E-state index contributed by atoms with van der Waals surface area (Å²) in [5.74, 6) is -2.68. The number of amides is 3. The molecule has 6 nitrogen and oxygen atoms in total. The highest BCUT2D eigenvalue weighted by molar-refractivity contribution is 6.42. The summed E-state index contributed by atoms with van der Waals surface area (Å²) in [5.41, 5.74) is 8.41. The van der Waals surface area contributed by atoms with Gasteiger partial charge in [-0.15, -0.1) is 0 Å². The molecule has 0 aliphatic carbocycles. The molecule has 0 saturated carbocycles. The van der Waals surface area contributed by atoms with Gasteiger partial charge < -0.3 is 11.1 Å². The topological polar surface area (TPSA) is 101 Å². The lowest BCUT2D eigenvalue weighted by Crippen LogP contribution is -2.39. The second-order valence-corrected chi connectivity index (χ2v) is 5.14. The molecule has 6 heteroatoms. The Morgan fingerprint density at radius 2 is 1.65 bits per heavy atom. The van der Waals surface area contributed by atoms with Gasteiger partial charge in [-0.05, 0) is 37.6 Å². The molecule has 2 rings (SSSR count). The van der Waals surface area contributed by atoms with Crippen LogP contribution in [0.5, 0.6) is 0 Å². The van der Waals surface area contributed by atoms with Crippen molar-refractivity contribution in [2.45, 2.75) is 13.8 Å². The van der Waals surface area contributed by atoms with Crippen molar-refractivity contribution in [2.24, 2.45) is 0 Å². The fourth-order valence-corrected chi connectivity index (χ4v) is 2.06. The minimum atomic E-state index is -1.04. The van der Waals surface area contributed by atoms with Gasteiger partial charge in [-0.3, -0.25) is 19.7 Å². The van der Waals surface area contributed by atoms with Gasteiger partial charge >= 0.3 is 11.8 Å². The van der Waals surface area contributed by atoms with Gasteiger partial charge in [-0.1, -0.05) is 29.8 Å². The molecular weight excluding hydrogens is 294 g/mol. The van der Waals surface area contributed by atoms with E-state index in [0.717, 1.165) is 11.1 Å². The molecule has 0 fully saturated rings. The number of nitrogens with two attached hydrogens (primary N) is 1. The minimum absolute atomic E-state index is 0.139. The van der Waals surface area contributed by atoms with Crippen molar-refractivity contribution in [1.29, 1.82) is 0 Å². The van der Waals surface area contributed by atoms with Crippen LogP contribution in [0.4, 0.5) is 11.4 Å². The summed E-state index contributed by atoms with van der Waals surface area (Å²) in [7, 11) is 0. The Kier molecular flexibility index (Phi) is 4.75. The van der Waals surface area contributed by atoms with Crippen LogP contribution in [0.1, 0.15) is 21.5 Å². The predicted molar refractivity (Wildman–Crippen MR) is 87.9 cm³/mol. The van der Waals surface area contributed by atoms with Gasteiger partial charge in [0.1, 0.15) is 0 Å². The van der Waals surface area contributed by atoms with E-state index in [4.69, 9.17) is 5.73 Å². The molecule has 4 N–H and O–H groups in total. The van der Waals surface area contributed by atoms with Crippen LogP contribution < -0.4 is 16.4 Å². The van der Waals surface area contributed by atoms with Gasteiger partial charge in [-0.25, -0.2) is 0 Å². The predicted octanol–water partition coefficient (Wildman–Crippen LogP) is 1.78. The first-order valence-corrected chi connectivity index (χ1v) is 6.97. The molecule has 2 aromatic rings. The Labute approximate surface area is 133 Å². The van der Waals surface area contributed by atoms with Crippen LogP contribution in [0.15, 0.2) is 42.5 Å². The number of nitrogen functional groups attached to an aromatic ring is 1. The molecule has 0 aromatic heterocycles. The van der Waals surface area contributed by atoms with Crippen LogP contribution in [-0.4, -0.2) is 17.7 Å². The molecular formula is C17H17N3O3. The molecule has 3 amide bonds. The number of rotatable bonds is 2. The first-order valence-electron chi connectivity index (χ1n) is 6.97. The third kappa shape index (κ3) is 3.94. The van der Waals surface area contributed by atoms with Gasteiger partial charge in [0, 0.05) is 11.4 Å². The van der Waals surface area contributed by atoms with E-state index in [-0.39, 0.29) is 11.3 Å². The second kappa shape index (κ2) is 6.74. The third-order valence-corrected chi connectivity index (χ3v) is 3.27. The number of aryl methyl sites for hydroxylation is 2. The molecule has 0 aliphatic rings. The van der Waals surface area contributed by atoms with Crippen LogP contribution >= 0.6 is 0 Å². The van der Waals surface area contributed by atoms with Crippen LogP contribution in [0.25, 0.3) is 0 Å². The summed E-state index contributed by atoms with van der Waals surface area (Å²) >= 11 is 0. The van der Waals surface area contributed by atoms with E-state index in [0.29, 0.717) is 5.69 Å². The largest absolute Gasteiger partial charge is 0.398 e. The van der Waals surface area contributed by atoms with E-state index in [1.165, 1.54) is 12.1 Å². The second-order valence-electron chi connectivity index (χ2n) is 5.14. The maximum Gasteiger partial charge on any atom is 0.316 e. The van der Waals surface area contributed by atoms with Crippen LogP contribution in [0.2, 0.25) is 0 Å². The number of para-hydroxylation sites is 1. The minimum Gasteiger partial charge on any atom is -0.398 e. The summed E-state index contributed by atoms with van der Waals surface area (Å²) < 4.78 is 0. The number of hydrogen-bond donors (Lipinski definition) is 3. The van der Waals surface area contributed by atoms with E-state index in [9.17, 15) is 14.4 Å². The highest BCUT2D eigenvalue weighted by atomic mass is 16.2. The monoisotopic (exact) mass is 311 g/mol. The Bertz CT molecular complexity index is 784. The van der Waals surface area contributed by atoms with Gasteiger partial charge in [0.25, 0.3) is 5.91 Å². The lowest BCUT2D eigenvalue weighted by Gasteiger charge is -2.09. The normalized spacial score (nSPS) is 10.0. The Balaban J connectivity index is 2.04. The van der Waals surface area contributed by atoms with E-state index >= 15 is 0 Å². The quantitative estimate of drug-likeness (QED) is 0.581. The molecule has 0 radical (unpaired) electrons. The number of hydrogen-bond acceptors (Lipinski definition) is 4. The smallest absolute Gasteiger partial charge is 0.316 e. The highest BCUT2D eigenvalue weighted by Crippen LogP contribution is 2.16. The molecule has 0 spiro atoms. The van der Waals surface area contributed by atoms with E-state index in [1.54, 1.807) is 18.2 Å². The molecule has 0 unspecified atom stereocenters. The van der Waals surface area contributed by atoms with Crippen molar-refractivity contribution < 1.29 is 14.4 Å². The molecule has 0 saturated heterocycles. The summed E-state index contributed by atoms with van der Waals surface area (Å²) in [6.45, 7) is 3.74. The van der Waals surface area contributed by atoms with Crippen LogP contribution in [0, 0.1) is 13.8 Å².